The molecular weight excluding hydrogens is 367 g/mol. The molecule has 0 atom stereocenters. The molecule has 2 aromatic rings. The van der Waals surface area contributed by atoms with Gasteiger partial charge in [0.1, 0.15) is 5.82 Å². The monoisotopic (exact) mass is 378 g/mol. The normalized spacial score (nSPS) is 10.5. The molecule has 0 saturated carbocycles. The number of benzene rings is 2. The quantitative estimate of drug-likeness (QED) is 0.456. The SMILES string of the molecule is O=C(CNC(=O)c1ccc(F)cc1)N/N=C\c1cc([N+](=O)[O-])ccc1Cl. The summed E-state index contributed by atoms with van der Waals surface area (Å²) >= 11 is 5.89. The van der Waals surface area contributed by atoms with Crippen molar-refractivity contribution in [3.63, 3.8) is 0 Å². The van der Waals surface area contributed by atoms with Crippen molar-refractivity contribution < 1.29 is 18.9 Å². The molecule has 0 saturated heterocycles. The van der Waals surface area contributed by atoms with Gasteiger partial charge in [0, 0.05) is 28.3 Å². The molecule has 0 aliphatic rings. The summed E-state index contributed by atoms with van der Waals surface area (Å²) in [5.41, 5.74) is 2.42. The molecule has 10 heteroatoms. The number of nitrogens with zero attached hydrogens (tertiary/aromatic N) is 2. The molecule has 0 aliphatic carbocycles. The van der Waals surface area contributed by atoms with Gasteiger partial charge in [-0.15, -0.1) is 0 Å². The lowest BCUT2D eigenvalue weighted by molar-refractivity contribution is -0.384. The number of carbonyl (C=O) groups excluding carboxylic acids is 2. The number of rotatable bonds is 6. The molecule has 26 heavy (non-hydrogen) atoms. The Labute approximate surface area is 151 Å². The van der Waals surface area contributed by atoms with Gasteiger partial charge >= 0.3 is 0 Å². The van der Waals surface area contributed by atoms with Crippen LogP contribution < -0.4 is 10.7 Å². The molecule has 2 amide bonds. The highest BCUT2D eigenvalue weighted by molar-refractivity contribution is 6.33. The van der Waals surface area contributed by atoms with Gasteiger partial charge in [0.2, 0.25) is 0 Å². The highest BCUT2D eigenvalue weighted by Gasteiger charge is 2.09. The summed E-state index contributed by atoms with van der Waals surface area (Å²) in [5.74, 6) is -1.66. The van der Waals surface area contributed by atoms with Gasteiger partial charge in [0.25, 0.3) is 17.5 Å². The third-order valence-corrected chi connectivity index (χ3v) is 3.44. The van der Waals surface area contributed by atoms with E-state index in [4.69, 9.17) is 11.6 Å². The van der Waals surface area contributed by atoms with Crippen LogP contribution in [0.2, 0.25) is 5.02 Å². The maximum absolute atomic E-state index is 12.8. The van der Waals surface area contributed by atoms with E-state index in [2.05, 4.69) is 15.8 Å². The van der Waals surface area contributed by atoms with Crippen molar-refractivity contribution in [1.82, 2.24) is 10.7 Å². The second kappa shape index (κ2) is 8.67. The minimum absolute atomic E-state index is 0.172. The van der Waals surface area contributed by atoms with Gasteiger partial charge in [0.15, 0.2) is 0 Å². The topological polar surface area (TPSA) is 114 Å². The van der Waals surface area contributed by atoms with Crippen LogP contribution in [0.25, 0.3) is 0 Å². The number of halogens is 2. The number of nitro groups is 1. The van der Waals surface area contributed by atoms with E-state index in [0.29, 0.717) is 0 Å². The molecule has 134 valence electrons. The fourth-order valence-corrected chi connectivity index (χ4v) is 1.99. The van der Waals surface area contributed by atoms with Crippen molar-refractivity contribution >= 4 is 35.3 Å². The number of non-ortho nitro benzene ring substituents is 1. The van der Waals surface area contributed by atoms with Crippen LogP contribution in [0.4, 0.5) is 10.1 Å². The van der Waals surface area contributed by atoms with Gasteiger partial charge in [-0.1, -0.05) is 11.6 Å². The molecule has 0 aliphatic heterocycles. The molecule has 0 bridgehead atoms. The average molecular weight is 379 g/mol. The molecule has 2 aromatic carbocycles. The van der Waals surface area contributed by atoms with E-state index >= 15 is 0 Å². The van der Waals surface area contributed by atoms with Crippen molar-refractivity contribution in [2.24, 2.45) is 5.10 Å². The lowest BCUT2D eigenvalue weighted by atomic mass is 10.2. The summed E-state index contributed by atoms with van der Waals surface area (Å²) in [4.78, 5) is 33.5. The molecular formula is C16H12ClFN4O4. The van der Waals surface area contributed by atoms with Crippen LogP contribution in [0, 0.1) is 15.9 Å². The van der Waals surface area contributed by atoms with Crippen molar-refractivity contribution in [1.29, 1.82) is 0 Å². The Morgan fingerprint density at radius 3 is 2.58 bits per heavy atom. The first-order valence-electron chi connectivity index (χ1n) is 7.16. The highest BCUT2D eigenvalue weighted by atomic mass is 35.5. The molecule has 0 radical (unpaired) electrons. The van der Waals surface area contributed by atoms with E-state index in [1.807, 2.05) is 0 Å². The minimum Gasteiger partial charge on any atom is -0.343 e. The van der Waals surface area contributed by atoms with Crippen LogP contribution in [0.5, 0.6) is 0 Å². The maximum Gasteiger partial charge on any atom is 0.270 e. The van der Waals surface area contributed by atoms with Crippen molar-refractivity contribution in [3.8, 4) is 0 Å². The van der Waals surface area contributed by atoms with E-state index in [9.17, 15) is 24.1 Å². The lowest BCUT2D eigenvalue weighted by Gasteiger charge is -2.04. The molecule has 0 aromatic heterocycles. The Balaban J connectivity index is 1.87. The molecule has 0 heterocycles. The van der Waals surface area contributed by atoms with Crippen molar-refractivity contribution in [3.05, 3.63) is 74.5 Å². The van der Waals surface area contributed by atoms with E-state index in [1.54, 1.807) is 0 Å². The molecule has 0 spiro atoms. The number of hydrogen-bond acceptors (Lipinski definition) is 5. The molecule has 2 N–H and O–H groups in total. The fourth-order valence-electron chi connectivity index (χ4n) is 1.82. The van der Waals surface area contributed by atoms with Crippen LogP contribution in [0.1, 0.15) is 15.9 Å². The molecule has 2 rings (SSSR count). The van der Waals surface area contributed by atoms with Crippen molar-refractivity contribution in [2.75, 3.05) is 6.54 Å². The first kappa shape index (κ1) is 19.0. The number of hydrogen-bond donors (Lipinski definition) is 2. The van der Waals surface area contributed by atoms with E-state index < -0.39 is 22.6 Å². The Hall–Kier alpha value is -3.33. The van der Waals surface area contributed by atoms with Gasteiger partial charge in [-0.25, -0.2) is 9.82 Å². The zero-order chi connectivity index (χ0) is 19.1. The lowest BCUT2D eigenvalue weighted by Crippen LogP contribution is -2.34. The zero-order valence-corrected chi connectivity index (χ0v) is 13.9. The van der Waals surface area contributed by atoms with Gasteiger partial charge in [-0.3, -0.25) is 19.7 Å². The highest BCUT2D eigenvalue weighted by Crippen LogP contribution is 2.20. The predicted molar refractivity (Wildman–Crippen MR) is 92.6 cm³/mol. The van der Waals surface area contributed by atoms with E-state index in [1.165, 1.54) is 30.3 Å². The smallest absolute Gasteiger partial charge is 0.270 e. The van der Waals surface area contributed by atoms with Gasteiger partial charge < -0.3 is 5.32 Å². The third kappa shape index (κ3) is 5.35. The molecule has 8 nitrogen and oxygen atoms in total. The average Bonchev–Trinajstić information content (AvgIpc) is 2.61. The molecule has 0 fully saturated rings. The van der Waals surface area contributed by atoms with Crippen LogP contribution in [0.3, 0.4) is 0 Å². The fraction of sp³-hybridized carbons (Fsp3) is 0.0625. The van der Waals surface area contributed by atoms with Crippen LogP contribution >= 0.6 is 11.6 Å². The Bertz CT molecular complexity index is 871. The zero-order valence-electron chi connectivity index (χ0n) is 13.1. The summed E-state index contributed by atoms with van der Waals surface area (Å²) in [6.45, 7) is -0.365. The van der Waals surface area contributed by atoms with Crippen LogP contribution in [0.15, 0.2) is 47.6 Å². The Kier molecular flexibility index (Phi) is 6.34. The second-order valence-electron chi connectivity index (χ2n) is 4.95. The van der Waals surface area contributed by atoms with E-state index in [-0.39, 0.29) is 28.4 Å². The summed E-state index contributed by atoms with van der Waals surface area (Å²) in [7, 11) is 0. The standard InChI is InChI=1S/C16H12ClFN4O4/c17-14-6-5-13(22(25)26)7-11(14)8-20-21-15(23)9-19-16(24)10-1-3-12(18)4-2-10/h1-8H,9H2,(H,19,24)(H,21,23)/b20-8-. The first-order valence-corrected chi connectivity index (χ1v) is 7.54. The second-order valence-corrected chi connectivity index (χ2v) is 5.35. The summed E-state index contributed by atoms with van der Waals surface area (Å²) in [5, 5.41) is 16.9. The number of hydrazone groups is 1. The van der Waals surface area contributed by atoms with Crippen molar-refractivity contribution in [2.45, 2.75) is 0 Å². The number of nitro benzene ring substituents is 1. The first-order chi connectivity index (χ1) is 12.4. The summed E-state index contributed by atoms with van der Waals surface area (Å²) in [6.07, 6.45) is 1.15. The summed E-state index contributed by atoms with van der Waals surface area (Å²) < 4.78 is 12.8. The number of carbonyl (C=O) groups is 2. The number of nitrogens with one attached hydrogen (secondary N) is 2. The predicted octanol–water partition coefficient (Wildman–Crippen LogP) is 2.27. The van der Waals surface area contributed by atoms with Gasteiger partial charge in [0.05, 0.1) is 17.7 Å². The minimum atomic E-state index is -0.627. The molecule has 0 unspecified atom stereocenters. The third-order valence-electron chi connectivity index (χ3n) is 3.10. The van der Waals surface area contributed by atoms with E-state index in [0.717, 1.165) is 18.3 Å². The summed E-state index contributed by atoms with van der Waals surface area (Å²) in [6, 6.07) is 8.60. The largest absolute Gasteiger partial charge is 0.343 e. The maximum atomic E-state index is 12.8. The Morgan fingerprint density at radius 1 is 1.23 bits per heavy atom. The van der Waals surface area contributed by atoms with Crippen LogP contribution in [-0.2, 0) is 4.79 Å². The number of amides is 2. The Morgan fingerprint density at radius 2 is 1.92 bits per heavy atom. The van der Waals surface area contributed by atoms with Gasteiger partial charge in [-0.2, -0.15) is 5.10 Å². The van der Waals surface area contributed by atoms with Gasteiger partial charge in [-0.05, 0) is 30.3 Å². The van der Waals surface area contributed by atoms with Crippen LogP contribution in [-0.4, -0.2) is 29.5 Å².